The van der Waals surface area contributed by atoms with E-state index in [9.17, 15) is 13.2 Å². The Morgan fingerprint density at radius 2 is 1.88 bits per heavy atom. The van der Waals surface area contributed by atoms with Crippen LogP contribution in [0.1, 0.15) is 46.5 Å². The van der Waals surface area contributed by atoms with Crippen LogP contribution in [0, 0.1) is 0 Å². The number of hydrogen-bond acceptors (Lipinski definition) is 4. The van der Waals surface area contributed by atoms with Gasteiger partial charge in [-0.1, -0.05) is 0 Å². The van der Waals surface area contributed by atoms with Crippen LogP contribution in [0.4, 0.5) is 0 Å². The zero-order valence-electron chi connectivity index (χ0n) is 10.9. The van der Waals surface area contributed by atoms with Gasteiger partial charge in [0.1, 0.15) is 0 Å². The van der Waals surface area contributed by atoms with E-state index in [1.54, 1.807) is 20.8 Å². The summed E-state index contributed by atoms with van der Waals surface area (Å²) in [4.78, 5) is 11.3. The predicted molar refractivity (Wildman–Crippen MR) is 65.0 cm³/mol. The molecule has 0 spiro atoms. The molecule has 0 saturated heterocycles. The Labute approximate surface area is 103 Å². The molecule has 0 bridgehead atoms. The molecule has 0 amide bonds. The molecule has 0 aliphatic heterocycles. The summed E-state index contributed by atoms with van der Waals surface area (Å²) in [5.41, 5.74) is -0.626. The molecule has 0 atom stereocenters. The highest BCUT2D eigenvalue weighted by Crippen LogP contribution is 2.37. The average Bonchev–Trinajstić information content (AvgIpc) is 2.11. The third-order valence-corrected chi connectivity index (χ3v) is 5.49. The maximum atomic E-state index is 12.1. The highest BCUT2D eigenvalue weighted by molar-refractivity contribution is 7.90. The summed E-state index contributed by atoms with van der Waals surface area (Å²) in [6.45, 7) is 4.92. The number of nitrogens with one attached hydrogen (secondary N) is 1. The van der Waals surface area contributed by atoms with Gasteiger partial charge in [-0.15, -0.1) is 0 Å². The largest absolute Gasteiger partial charge is 0.469 e. The molecule has 100 valence electrons. The van der Waals surface area contributed by atoms with Crippen molar-refractivity contribution in [3.63, 3.8) is 0 Å². The van der Waals surface area contributed by atoms with Crippen LogP contribution in [-0.4, -0.2) is 31.8 Å². The minimum atomic E-state index is -3.43. The van der Waals surface area contributed by atoms with Crippen molar-refractivity contribution in [3.8, 4) is 0 Å². The predicted octanol–water partition coefficient (Wildman–Crippen LogP) is 1.19. The van der Waals surface area contributed by atoms with Crippen molar-refractivity contribution in [1.82, 2.24) is 4.72 Å². The summed E-state index contributed by atoms with van der Waals surface area (Å²) in [5.74, 6) is -0.374. The van der Waals surface area contributed by atoms with E-state index in [0.29, 0.717) is 12.8 Å². The molecule has 0 radical (unpaired) electrons. The SMILES string of the molecule is COC(=O)CC1(NS(=O)(=O)C(C)(C)C)CCC1. The lowest BCUT2D eigenvalue weighted by atomic mass is 9.75. The lowest BCUT2D eigenvalue weighted by Gasteiger charge is -2.42. The molecule has 0 aromatic carbocycles. The number of hydrogen-bond donors (Lipinski definition) is 1. The number of rotatable bonds is 4. The van der Waals surface area contributed by atoms with Crippen LogP contribution < -0.4 is 4.72 Å². The highest BCUT2D eigenvalue weighted by Gasteiger charge is 2.45. The van der Waals surface area contributed by atoms with Gasteiger partial charge in [0, 0.05) is 5.54 Å². The first-order valence-corrected chi connectivity index (χ1v) is 7.21. The molecular formula is C11H21NO4S. The average molecular weight is 263 g/mol. The maximum absolute atomic E-state index is 12.1. The molecule has 0 aromatic rings. The fraction of sp³-hybridized carbons (Fsp3) is 0.909. The van der Waals surface area contributed by atoms with E-state index in [0.717, 1.165) is 6.42 Å². The van der Waals surface area contributed by atoms with Crippen LogP contribution in [0.5, 0.6) is 0 Å². The van der Waals surface area contributed by atoms with Gasteiger partial charge >= 0.3 is 5.97 Å². The van der Waals surface area contributed by atoms with E-state index in [2.05, 4.69) is 9.46 Å². The molecule has 6 heteroatoms. The van der Waals surface area contributed by atoms with Gasteiger partial charge in [0.05, 0.1) is 18.3 Å². The Kier molecular flexibility index (Phi) is 3.88. The van der Waals surface area contributed by atoms with E-state index in [4.69, 9.17) is 0 Å². The second-order valence-corrected chi connectivity index (χ2v) is 8.04. The molecule has 0 unspecified atom stereocenters. The summed E-state index contributed by atoms with van der Waals surface area (Å²) in [7, 11) is -2.12. The summed E-state index contributed by atoms with van der Waals surface area (Å²) >= 11 is 0. The van der Waals surface area contributed by atoms with Crippen LogP contribution in [-0.2, 0) is 19.6 Å². The minimum Gasteiger partial charge on any atom is -0.469 e. The lowest BCUT2D eigenvalue weighted by Crippen LogP contribution is -2.58. The number of ether oxygens (including phenoxy) is 1. The fourth-order valence-corrected chi connectivity index (χ4v) is 2.86. The van der Waals surface area contributed by atoms with Crippen molar-refractivity contribution >= 4 is 16.0 Å². The summed E-state index contributed by atoms with van der Waals surface area (Å²) in [5, 5.41) is 0. The second kappa shape index (κ2) is 4.57. The lowest BCUT2D eigenvalue weighted by molar-refractivity contribution is -0.143. The van der Waals surface area contributed by atoms with Crippen molar-refractivity contribution in [2.24, 2.45) is 0 Å². The maximum Gasteiger partial charge on any atom is 0.307 e. The summed E-state index contributed by atoms with van der Waals surface area (Å²) < 4.78 is 30.6. The van der Waals surface area contributed by atoms with Crippen LogP contribution >= 0.6 is 0 Å². The van der Waals surface area contributed by atoms with Gasteiger partial charge in [-0.3, -0.25) is 4.79 Å². The van der Waals surface area contributed by atoms with Gasteiger partial charge < -0.3 is 4.74 Å². The van der Waals surface area contributed by atoms with E-state index in [-0.39, 0.29) is 12.4 Å². The third-order valence-electron chi connectivity index (χ3n) is 3.18. The zero-order chi connectivity index (χ0) is 13.3. The van der Waals surface area contributed by atoms with Crippen molar-refractivity contribution in [2.45, 2.75) is 56.7 Å². The number of sulfonamides is 1. The summed E-state index contributed by atoms with van der Waals surface area (Å²) in [6.07, 6.45) is 2.43. The molecule has 0 heterocycles. The van der Waals surface area contributed by atoms with Crippen LogP contribution in [0.15, 0.2) is 0 Å². The van der Waals surface area contributed by atoms with Gasteiger partial charge in [-0.2, -0.15) is 0 Å². The molecule has 1 fully saturated rings. The number of carbonyl (C=O) groups is 1. The minimum absolute atomic E-state index is 0.110. The van der Waals surface area contributed by atoms with Crippen LogP contribution in [0.3, 0.4) is 0 Å². The van der Waals surface area contributed by atoms with Crippen molar-refractivity contribution in [1.29, 1.82) is 0 Å². The topological polar surface area (TPSA) is 72.5 Å². The Balaban J connectivity index is 2.81. The monoisotopic (exact) mass is 263 g/mol. The van der Waals surface area contributed by atoms with E-state index < -0.39 is 20.3 Å². The fourth-order valence-electron chi connectivity index (χ4n) is 1.71. The normalized spacial score (nSPS) is 19.5. The Hall–Kier alpha value is -0.620. The summed E-state index contributed by atoms with van der Waals surface area (Å²) in [6, 6.07) is 0. The molecule has 1 N–H and O–H groups in total. The van der Waals surface area contributed by atoms with Gasteiger partial charge in [0.2, 0.25) is 10.0 Å². The number of esters is 1. The second-order valence-electron chi connectivity index (χ2n) is 5.60. The quantitative estimate of drug-likeness (QED) is 0.773. The first-order valence-electron chi connectivity index (χ1n) is 5.72. The Morgan fingerprint density at radius 3 is 2.18 bits per heavy atom. The first-order chi connectivity index (χ1) is 7.62. The highest BCUT2D eigenvalue weighted by atomic mass is 32.2. The zero-order valence-corrected chi connectivity index (χ0v) is 11.7. The first kappa shape index (κ1) is 14.4. The van der Waals surface area contributed by atoms with Crippen molar-refractivity contribution in [2.75, 3.05) is 7.11 Å². The number of carbonyl (C=O) groups excluding carboxylic acids is 1. The van der Waals surface area contributed by atoms with Gasteiger partial charge in [0.15, 0.2) is 0 Å². The van der Waals surface area contributed by atoms with Gasteiger partial charge in [0.25, 0.3) is 0 Å². The Bertz CT molecular complexity index is 390. The smallest absolute Gasteiger partial charge is 0.307 e. The third kappa shape index (κ3) is 3.19. The molecule has 5 nitrogen and oxygen atoms in total. The van der Waals surface area contributed by atoms with Gasteiger partial charge in [-0.25, -0.2) is 13.1 Å². The Morgan fingerprint density at radius 1 is 1.35 bits per heavy atom. The molecule has 1 aliphatic rings. The molecule has 0 aromatic heterocycles. The van der Waals surface area contributed by atoms with E-state index >= 15 is 0 Å². The molecular weight excluding hydrogens is 242 g/mol. The van der Waals surface area contributed by atoms with E-state index in [1.165, 1.54) is 7.11 Å². The number of methoxy groups -OCH3 is 1. The van der Waals surface area contributed by atoms with Crippen LogP contribution in [0.2, 0.25) is 0 Å². The molecule has 17 heavy (non-hydrogen) atoms. The van der Waals surface area contributed by atoms with E-state index in [1.807, 2.05) is 0 Å². The van der Waals surface area contributed by atoms with Crippen molar-refractivity contribution < 1.29 is 17.9 Å². The molecule has 1 saturated carbocycles. The van der Waals surface area contributed by atoms with Crippen LogP contribution in [0.25, 0.3) is 0 Å². The molecule has 1 rings (SSSR count). The van der Waals surface area contributed by atoms with Crippen molar-refractivity contribution in [3.05, 3.63) is 0 Å². The van der Waals surface area contributed by atoms with Gasteiger partial charge in [-0.05, 0) is 40.0 Å². The standard InChI is InChI=1S/C11H21NO4S/c1-10(2,3)17(14,15)12-11(6-5-7-11)8-9(13)16-4/h12H,5-8H2,1-4H3. The molecule has 1 aliphatic carbocycles.